The molecule has 1 N–H and O–H groups in total. The third kappa shape index (κ3) is 6.89. The van der Waals surface area contributed by atoms with Crippen LogP contribution in [0.2, 0.25) is 0 Å². The maximum Gasteiger partial charge on any atom is 0.0744 e. The van der Waals surface area contributed by atoms with Crippen molar-refractivity contribution < 1.29 is 4.74 Å². The molecule has 0 saturated carbocycles. The lowest BCUT2D eigenvalue weighted by Gasteiger charge is -2.12. The van der Waals surface area contributed by atoms with E-state index in [-0.39, 0.29) is 0 Å². The molecule has 0 aliphatic rings. The van der Waals surface area contributed by atoms with Gasteiger partial charge in [-0.1, -0.05) is 43.7 Å². The van der Waals surface area contributed by atoms with Crippen molar-refractivity contribution in [3.8, 4) is 0 Å². The molecule has 0 fully saturated rings. The number of nitrogens with zero attached hydrogens (tertiary/aromatic N) is 2. The van der Waals surface area contributed by atoms with Crippen molar-refractivity contribution in [3.63, 3.8) is 0 Å². The number of likely N-dealkylation sites (N-methyl/N-ethyl adjacent to an activating group) is 1. The summed E-state index contributed by atoms with van der Waals surface area (Å²) in [5.74, 6) is 0. The Kier molecular flexibility index (Phi) is 9.84. The van der Waals surface area contributed by atoms with Gasteiger partial charge in [0.15, 0.2) is 0 Å². The fourth-order valence-electron chi connectivity index (χ4n) is 2.33. The van der Waals surface area contributed by atoms with Crippen LogP contribution in [0.4, 0.5) is 0 Å². The molecule has 0 radical (unpaired) electrons. The van der Waals surface area contributed by atoms with Crippen molar-refractivity contribution in [2.45, 2.75) is 26.7 Å². The second-order valence-corrected chi connectivity index (χ2v) is 5.28. The Balaban J connectivity index is 2.86. The molecule has 4 nitrogen and oxygen atoms in total. The second-order valence-electron chi connectivity index (χ2n) is 5.28. The number of rotatable bonds is 11. The van der Waals surface area contributed by atoms with Crippen molar-refractivity contribution >= 4 is 18.1 Å². The summed E-state index contributed by atoms with van der Waals surface area (Å²) in [4.78, 5) is 8.94. The lowest BCUT2D eigenvalue weighted by molar-refractivity contribution is 0.145. The van der Waals surface area contributed by atoms with Crippen LogP contribution >= 0.6 is 0 Å². The average Bonchev–Trinajstić information content (AvgIpc) is 2.58. The molecule has 0 heterocycles. The molecule has 0 aromatic heterocycles. The maximum atomic E-state index is 5.51. The molecule has 1 rings (SSSR count). The van der Waals surface area contributed by atoms with Gasteiger partial charge in [0.25, 0.3) is 0 Å². The zero-order chi connectivity index (χ0) is 16.9. The Morgan fingerprint density at radius 3 is 2.57 bits per heavy atom. The molecule has 126 valence electrons. The third-order valence-electron chi connectivity index (χ3n) is 3.51. The topological polar surface area (TPSA) is 46.0 Å². The van der Waals surface area contributed by atoms with Gasteiger partial charge in [-0.3, -0.25) is 9.98 Å². The predicted molar refractivity (Wildman–Crippen MR) is 101 cm³/mol. The Hall–Kier alpha value is -1.78. The van der Waals surface area contributed by atoms with Crippen LogP contribution in [0.25, 0.3) is 5.70 Å². The van der Waals surface area contributed by atoms with Crippen molar-refractivity contribution in [2.75, 3.05) is 33.4 Å². The standard InChI is InChI=1S/C19H29N3O/c1-5-9-18(16(2)22-13-15-23-14-12-20-3)19(21-4)17-10-7-6-8-11-17/h6-8,10-11,20H,4-5,9,12-15H2,1-3H3/b19-18-,22-16-. The Morgan fingerprint density at radius 2 is 1.96 bits per heavy atom. The minimum absolute atomic E-state index is 0.639. The minimum Gasteiger partial charge on any atom is -0.378 e. The van der Waals surface area contributed by atoms with E-state index in [0.717, 1.165) is 36.4 Å². The lowest BCUT2D eigenvalue weighted by Crippen LogP contribution is -2.15. The van der Waals surface area contributed by atoms with E-state index in [1.54, 1.807) is 0 Å². The van der Waals surface area contributed by atoms with Crippen molar-refractivity contribution in [2.24, 2.45) is 9.98 Å². The van der Waals surface area contributed by atoms with E-state index in [4.69, 9.17) is 4.74 Å². The number of benzene rings is 1. The minimum atomic E-state index is 0.639. The van der Waals surface area contributed by atoms with Crippen LogP contribution in [-0.4, -0.2) is 45.8 Å². The Labute approximate surface area is 140 Å². The number of ether oxygens (including phenoxy) is 1. The molecule has 4 heteroatoms. The van der Waals surface area contributed by atoms with E-state index < -0.39 is 0 Å². The van der Waals surface area contributed by atoms with Gasteiger partial charge in [-0.2, -0.15) is 0 Å². The first kappa shape index (κ1) is 19.3. The molecule has 0 unspecified atom stereocenters. The number of nitrogens with one attached hydrogen (secondary N) is 1. The third-order valence-corrected chi connectivity index (χ3v) is 3.51. The van der Waals surface area contributed by atoms with Crippen LogP contribution in [0.15, 0.2) is 45.9 Å². The van der Waals surface area contributed by atoms with Gasteiger partial charge in [0.2, 0.25) is 0 Å². The summed E-state index contributed by atoms with van der Waals surface area (Å²) in [6.07, 6.45) is 1.99. The molecule has 0 aliphatic carbocycles. The SMILES string of the molecule is C=N/C(=C(CCC)\C(C)=N/CCOCCNC)c1ccccc1. The highest BCUT2D eigenvalue weighted by atomic mass is 16.5. The van der Waals surface area contributed by atoms with Crippen molar-refractivity contribution in [3.05, 3.63) is 41.5 Å². The van der Waals surface area contributed by atoms with E-state index in [9.17, 15) is 0 Å². The van der Waals surface area contributed by atoms with Gasteiger partial charge in [-0.05, 0) is 32.7 Å². The smallest absolute Gasteiger partial charge is 0.0744 e. The molecule has 0 bridgehead atoms. The molecule has 0 spiro atoms. The fourth-order valence-corrected chi connectivity index (χ4v) is 2.33. The molecule has 0 saturated heterocycles. The first-order valence-corrected chi connectivity index (χ1v) is 8.23. The maximum absolute atomic E-state index is 5.51. The van der Waals surface area contributed by atoms with E-state index in [1.165, 1.54) is 5.57 Å². The van der Waals surface area contributed by atoms with Crippen LogP contribution in [-0.2, 0) is 4.74 Å². The van der Waals surface area contributed by atoms with Gasteiger partial charge >= 0.3 is 0 Å². The summed E-state index contributed by atoms with van der Waals surface area (Å²) in [6.45, 7) is 10.9. The monoisotopic (exact) mass is 315 g/mol. The second kappa shape index (κ2) is 11.7. The average molecular weight is 315 g/mol. The van der Waals surface area contributed by atoms with Crippen LogP contribution in [0.5, 0.6) is 0 Å². The van der Waals surface area contributed by atoms with E-state index in [1.807, 2.05) is 32.2 Å². The summed E-state index contributed by atoms with van der Waals surface area (Å²) in [7, 11) is 1.92. The highest BCUT2D eigenvalue weighted by Gasteiger charge is 2.10. The number of hydrogen-bond acceptors (Lipinski definition) is 4. The van der Waals surface area contributed by atoms with Gasteiger partial charge in [-0.15, -0.1) is 0 Å². The molecule has 0 amide bonds. The highest BCUT2D eigenvalue weighted by Crippen LogP contribution is 2.24. The summed E-state index contributed by atoms with van der Waals surface area (Å²) in [5, 5.41) is 3.06. The van der Waals surface area contributed by atoms with Crippen LogP contribution in [0.3, 0.4) is 0 Å². The number of hydrogen-bond donors (Lipinski definition) is 1. The number of allylic oxidation sites excluding steroid dienone is 1. The highest BCUT2D eigenvalue weighted by molar-refractivity contribution is 6.05. The molecule has 23 heavy (non-hydrogen) atoms. The summed E-state index contributed by atoms with van der Waals surface area (Å²) < 4.78 is 5.51. The molecular weight excluding hydrogens is 286 g/mol. The summed E-state index contributed by atoms with van der Waals surface area (Å²) >= 11 is 0. The normalized spacial score (nSPS) is 12.9. The van der Waals surface area contributed by atoms with Crippen LogP contribution < -0.4 is 5.32 Å². The molecule has 0 atom stereocenters. The van der Waals surface area contributed by atoms with Gasteiger partial charge in [0.05, 0.1) is 25.5 Å². The quantitative estimate of drug-likeness (QED) is 0.501. The first-order chi connectivity index (χ1) is 11.2. The van der Waals surface area contributed by atoms with Gasteiger partial charge in [0, 0.05) is 17.8 Å². The van der Waals surface area contributed by atoms with Crippen molar-refractivity contribution in [1.29, 1.82) is 0 Å². The molecule has 1 aromatic rings. The van der Waals surface area contributed by atoms with Crippen molar-refractivity contribution in [1.82, 2.24) is 5.32 Å². The van der Waals surface area contributed by atoms with E-state index in [0.29, 0.717) is 19.8 Å². The fraction of sp³-hybridized carbons (Fsp3) is 0.474. The van der Waals surface area contributed by atoms with Gasteiger partial charge < -0.3 is 10.1 Å². The lowest BCUT2D eigenvalue weighted by atomic mass is 9.99. The Morgan fingerprint density at radius 1 is 1.22 bits per heavy atom. The molecular formula is C19H29N3O. The number of aliphatic imine (C=N–C) groups is 2. The summed E-state index contributed by atoms with van der Waals surface area (Å²) in [5.41, 5.74) is 4.22. The summed E-state index contributed by atoms with van der Waals surface area (Å²) in [6, 6.07) is 10.2. The molecule has 1 aromatic carbocycles. The van der Waals surface area contributed by atoms with E-state index >= 15 is 0 Å². The Bertz CT molecular complexity index is 521. The predicted octanol–water partition coefficient (Wildman–Crippen LogP) is 3.60. The van der Waals surface area contributed by atoms with E-state index in [2.05, 4.69) is 41.1 Å². The van der Waals surface area contributed by atoms with Crippen LogP contribution in [0.1, 0.15) is 32.3 Å². The van der Waals surface area contributed by atoms with Crippen LogP contribution in [0, 0.1) is 0 Å². The zero-order valence-electron chi connectivity index (χ0n) is 14.6. The zero-order valence-corrected chi connectivity index (χ0v) is 14.6. The van der Waals surface area contributed by atoms with Gasteiger partial charge in [-0.25, -0.2) is 0 Å². The van der Waals surface area contributed by atoms with Gasteiger partial charge in [0.1, 0.15) is 0 Å². The largest absolute Gasteiger partial charge is 0.378 e. The first-order valence-electron chi connectivity index (χ1n) is 8.23. The molecule has 0 aliphatic heterocycles.